The molecule has 0 radical (unpaired) electrons. The lowest BCUT2D eigenvalue weighted by Gasteiger charge is -2.25. The van der Waals surface area contributed by atoms with Crippen molar-refractivity contribution in [2.75, 3.05) is 18.9 Å². The van der Waals surface area contributed by atoms with Crippen LogP contribution in [0, 0.1) is 6.92 Å². The fourth-order valence-corrected chi connectivity index (χ4v) is 2.36. The van der Waals surface area contributed by atoms with Gasteiger partial charge in [0.25, 0.3) is 0 Å². The zero-order valence-corrected chi connectivity index (χ0v) is 9.01. The van der Waals surface area contributed by atoms with Crippen molar-refractivity contribution in [2.45, 2.75) is 17.9 Å². The summed E-state index contributed by atoms with van der Waals surface area (Å²) in [5.74, 6) is 1.62. The number of rotatable bonds is 3. The monoisotopic (exact) mass is 210 g/mol. The van der Waals surface area contributed by atoms with E-state index in [9.17, 15) is 0 Å². The quantitative estimate of drug-likeness (QED) is 0.823. The van der Waals surface area contributed by atoms with E-state index >= 15 is 0 Å². The lowest BCUT2D eigenvalue weighted by Crippen LogP contribution is -2.30. The third-order valence-electron chi connectivity index (χ3n) is 2.13. The number of pyridine rings is 1. The third-order valence-corrected chi connectivity index (χ3v) is 3.37. The van der Waals surface area contributed by atoms with E-state index in [0.717, 1.165) is 24.7 Å². The minimum Gasteiger partial charge on any atom is -0.384 e. The Morgan fingerprint density at radius 1 is 1.57 bits per heavy atom. The Morgan fingerprint density at radius 3 is 2.93 bits per heavy atom. The molecule has 1 fully saturated rings. The first-order valence-corrected chi connectivity index (χ1v) is 5.71. The van der Waals surface area contributed by atoms with Gasteiger partial charge in [0, 0.05) is 11.4 Å². The first-order valence-electron chi connectivity index (χ1n) is 4.66. The molecule has 0 saturated carbocycles. The second kappa shape index (κ2) is 4.19. The number of anilines is 1. The summed E-state index contributed by atoms with van der Waals surface area (Å²) in [5.41, 5.74) is 7.91. The van der Waals surface area contributed by atoms with E-state index in [0.29, 0.717) is 11.1 Å². The third kappa shape index (κ3) is 2.39. The Balaban J connectivity index is 1.94. The second-order valence-electron chi connectivity index (χ2n) is 3.51. The van der Waals surface area contributed by atoms with Gasteiger partial charge in [-0.3, -0.25) is 0 Å². The minimum absolute atomic E-state index is 0.616. The number of nitrogen functional groups attached to an aromatic ring is 1. The minimum atomic E-state index is 0.616. The molecule has 1 aromatic heterocycles. The van der Waals surface area contributed by atoms with Gasteiger partial charge in [-0.15, -0.1) is 11.8 Å². The lowest BCUT2D eigenvalue weighted by atomic mass is 10.2. The molecule has 1 aliphatic rings. The van der Waals surface area contributed by atoms with E-state index in [4.69, 9.17) is 10.5 Å². The van der Waals surface area contributed by atoms with Gasteiger partial charge in [0.05, 0.1) is 18.5 Å². The number of hydrogen-bond donors (Lipinski definition) is 1. The molecular formula is C10H14N2OS. The SMILES string of the molecule is Cc1cc(CSC2COC2)cc(N)n1. The fourth-order valence-electron chi connectivity index (χ4n) is 1.38. The van der Waals surface area contributed by atoms with Crippen LogP contribution in [-0.4, -0.2) is 23.4 Å². The molecule has 0 amide bonds. The number of nitrogens with two attached hydrogens (primary N) is 1. The molecule has 0 unspecified atom stereocenters. The van der Waals surface area contributed by atoms with E-state index in [-0.39, 0.29) is 0 Å². The molecule has 3 nitrogen and oxygen atoms in total. The zero-order valence-electron chi connectivity index (χ0n) is 8.19. The molecule has 2 heterocycles. The molecule has 2 rings (SSSR count). The lowest BCUT2D eigenvalue weighted by molar-refractivity contribution is 0.0455. The maximum Gasteiger partial charge on any atom is 0.123 e. The van der Waals surface area contributed by atoms with Gasteiger partial charge in [-0.2, -0.15) is 0 Å². The predicted molar refractivity (Wildman–Crippen MR) is 59.3 cm³/mol. The smallest absolute Gasteiger partial charge is 0.123 e. The first kappa shape index (κ1) is 9.80. The normalized spacial score (nSPS) is 16.6. The molecule has 0 spiro atoms. The molecule has 0 bridgehead atoms. The average molecular weight is 210 g/mol. The molecule has 76 valence electrons. The average Bonchev–Trinajstić information content (AvgIpc) is 1.99. The highest BCUT2D eigenvalue weighted by Gasteiger charge is 2.18. The van der Waals surface area contributed by atoms with E-state index < -0.39 is 0 Å². The van der Waals surface area contributed by atoms with Gasteiger partial charge in [0.15, 0.2) is 0 Å². The van der Waals surface area contributed by atoms with Crippen LogP contribution in [0.25, 0.3) is 0 Å². The van der Waals surface area contributed by atoms with Crippen LogP contribution in [0.3, 0.4) is 0 Å². The summed E-state index contributed by atoms with van der Waals surface area (Å²) >= 11 is 1.93. The van der Waals surface area contributed by atoms with Crippen LogP contribution in [0.2, 0.25) is 0 Å². The van der Waals surface area contributed by atoms with E-state index in [1.165, 1.54) is 5.56 Å². The first-order chi connectivity index (χ1) is 6.74. The Hall–Kier alpha value is -0.740. The van der Waals surface area contributed by atoms with Gasteiger partial charge in [0.1, 0.15) is 5.82 Å². The maximum atomic E-state index is 5.67. The van der Waals surface area contributed by atoms with Crippen molar-refractivity contribution in [2.24, 2.45) is 0 Å². The molecule has 1 aromatic rings. The van der Waals surface area contributed by atoms with Gasteiger partial charge in [-0.25, -0.2) is 4.98 Å². The van der Waals surface area contributed by atoms with E-state index in [1.807, 2.05) is 24.8 Å². The van der Waals surface area contributed by atoms with Crippen LogP contribution >= 0.6 is 11.8 Å². The van der Waals surface area contributed by atoms with Crippen LogP contribution in [0.4, 0.5) is 5.82 Å². The number of nitrogens with zero attached hydrogens (tertiary/aromatic N) is 1. The van der Waals surface area contributed by atoms with Crippen molar-refractivity contribution in [3.8, 4) is 0 Å². The Bertz CT molecular complexity index is 306. The molecule has 0 aromatic carbocycles. The maximum absolute atomic E-state index is 5.67. The molecule has 0 aliphatic carbocycles. The summed E-state index contributed by atoms with van der Waals surface area (Å²) in [4.78, 5) is 4.14. The van der Waals surface area contributed by atoms with Gasteiger partial charge < -0.3 is 10.5 Å². The summed E-state index contributed by atoms with van der Waals surface area (Å²) in [6, 6.07) is 4.03. The van der Waals surface area contributed by atoms with Crippen LogP contribution in [0.1, 0.15) is 11.3 Å². The van der Waals surface area contributed by atoms with Crippen LogP contribution in [0.5, 0.6) is 0 Å². The van der Waals surface area contributed by atoms with Crippen molar-refractivity contribution in [1.82, 2.24) is 4.98 Å². The van der Waals surface area contributed by atoms with Crippen molar-refractivity contribution >= 4 is 17.6 Å². The number of hydrogen-bond acceptors (Lipinski definition) is 4. The molecule has 14 heavy (non-hydrogen) atoms. The molecule has 1 aliphatic heterocycles. The topological polar surface area (TPSA) is 48.1 Å². The van der Waals surface area contributed by atoms with E-state index in [1.54, 1.807) is 0 Å². The van der Waals surface area contributed by atoms with Crippen molar-refractivity contribution in [1.29, 1.82) is 0 Å². The van der Waals surface area contributed by atoms with E-state index in [2.05, 4.69) is 11.1 Å². The number of aromatic nitrogens is 1. The highest BCUT2D eigenvalue weighted by Crippen LogP contribution is 2.24. The Kier molecular flexibility index (Phi) is 2.93. The van der Waals surface area contributed by atoms with Crippen molar-refractivity contribution in [3.05, 3.63) is 23.4 Å². The van der Waals surface area contributed by atoms with Gasteiger partial charge in [0.2, 0.25) is 0 Å². The Labute approximate surface area is 88.0 Å². The summed E-state index contributed by atoms with van der Waals surface area (Å²) in [5, 5.41) is 0.671. The summed E-state index contributed by atoms with van der Waals surface area (Å²) in [6.45, 7) is 3.76. The molecule has 2 N–H and O–H groups in total. The van der Waals surface area contributed by atoms with Crippen molar-refractivity contribution in [3.63, 3.8) is 0 Å². The van der Waals surface area contributed by atoms with Gasteiger partial charge in [-0.05, 0) is 24.6 Å². The molecule has 0 atom stereocenters. The Morgan fingerprint density at radius 2 is 2.36 bits per heavy atom. The number of thioether (sulfide) groups is 1. The summed E-state index contributed by atoms with van der Waals surface area (Å²) in [7, 11) is 0. The van der Waals surface area contributed by atoms with Gasteiger partial charge >= 0.3 is 0 Å². The standard InChI is InChI=1S/C10H14N2OS/c1-7-2-8(3-10(11)12-7)6-14-9-4-13-5-9/h2-3,9H,4-6H2,1H3,(H2,11,12). The van der Waals surface area contributed by atoms with Crippen LogP contribution < -0.4 is 5.73 Å². The largest absolute Gasteiger partial charge is 0.384 e. The van der Waals surface area contributed by atoms with Crippen molar-refractivity contribution < 1.29 is 4.74 Å². The highest BCUT2D eigenvalue weighted by molar-refractivity contribution is 7.99. The summed E-state index contributed by atoms with van der Waals surface area (Å²) in [6.07, 6.45) is 0. The van der Waals surface area contributed by atoms with Crippen LogP contribution in [-0.2, 0) is 10.5 Å². The fraction of sp³-hybridized carbons (Fsp3) is 0.500. The number of ether oxygens (including phenoxy) is 1. The molecular weight excluding hydrogens is 196 g/mol. The van der Waals surface area contributed by atoms with Gasteiger partial charge in [-0.1, -0.05) is 0 Å². The second-order valence-corrected chi connectivity index (χ2v) is 4.80. The molecule has 4 heteroatoms. The number of aryl methyl sites for hydroxylation is 1. The zero-order chi connectivity index (χ0) is 9.97. The predicted octanol–water partition coefficient (Wildman–Crippen LogP) is 1.60. The van der Waals surface area contributed by atoms with Crippen LogP contribution in [0.15, 0.2) is 12.1 Å². The highest BCUT2D eigenvalue weighted by atomic mass is 32.2. The summed E-state index contributed by atoms with van der Waals surface area (Å²) < 4.78 is 5.11. The molecule has 1 saturated heterocycles.